The third kappa shape index (κ3) is 6.99. The SMILES string of the molecule is COc1ccc(CN(C)C(=O)COC(=O)CCS(=O)(=O)c2ccc(C)cc2)cc1OC. The Bertz CT molecular complexity index is 1020. The Morgan fingerprint density at radius 1 is 0.968 bits per heavy atom. The average molecular weight is 450 g/mol. The van der Waals surface area contributed by atoms with Crippen molar-refractivity contribution in [2.45, 2.75) is 24.8 Å². The van der Waals surface area contributed by atoms with Crippen molar-refractivity contribution in [3.05, 3.63) is 53.6 Å². The summed E-state index contributed by atoms with van der Waals surface area (Å²) >= 11 is 0. The fourth-order valence-electron chi connectivity index (χ4n) is 2.75. The second-order valence-corrected chi connectivity index (χ2v) is 9.09. The van der Waals surface area contributed by atoms with Crippen molar-refractivity contribution in [3.8, 4) is 11.5 Å². The maximum Gasteiger partial charge on any atom is 0.307 e. The summed E-state index contributed by atoms with van der Waals surface area (Å²) in [5, 5.41) is 0. The van der Waals surface area contributed by atoms with Gasteiger partial charge in [-0.3, -0.25) is 9.59 Å². The number of benzene rings is 2. The van der Waals surface area contributed by atoms with Crippen LogP contribution in [0.15, 0.2) is 47.4 Å². The molecule has 0 saturated heterocycles. The molecule has 0 aliphatic carbocycles. The summed E-state index contributed by atoms with van der Waals surface area (Å²) in [6, 6.07) is 11.7. The Morgan fingerprint density at radius 2 is 1.61 bits per heavy atom. The largest absolute Gasteiger partial charge is 0.493 e. The molecule has 0 aliphatic heterocycles. The van der Waals surface area contributed by atoms with Gasteiger partial charge in [0.05, 0.1) is 31.3 Å². The lowest BCUT2D eigenvalue weighted by atomic mass is 10.2. The average Bonchev–Trinajstić information content (AvgIpc) is 2.76. The van der Waals surface area contributed by atoms with Gasteiger partial charge in [0.2, 0.25) is 0 Å². The molecule has 2 aromatic rings. The van der Waals surface area contributed by atoms with E-state index in [1.54, 1.807) is 37.4 Å². The summed E-state index contributed by atoms with van der Waals surface area (Å²) in [6.45, 7) is 1.67. The van der Waals surface area contributed by atoms with Gasteiger partial charge >= 0.3 is 5.97 Å². The standard InChI is InChI=1S/C22H27NO7S/c1-16-5-8-18(9-6-16)31(26,27)12-11-22(25)30-15-21(24)23(2)14-17-7-10-19(28-3)20(13-17)29-4/h5-10,13H,11-12,14-15H2,1-4H3. The molecule has 2 aromatic carbocycles. The van der Waals surface area contributed by atoms with Crippen LogP contribution < -0.4 is 9.47 Å². The smallest absolute Gasteiger partial charge is 0.307 e. The molecule has 0 fully saturated rings. The molecule has 2 rings (SSSR count). The second-order valence-electron chi connectivity index (χ2n) is 6.98. The van der Waals surface area contributed by atoms with E-state index in [0.717, 1.165) is 11.1 Å². The van der Waals surface area contributed by atoms with Crippen molar-refractivity contribution in [1.82, 2.24) is 4.90 Å². The van der Waals surface area contributed by atoms with Gasteiger partial charge in [-0.05, 0) is 36.8 Å². The number of carbonyl (C=O) groups is 2. The van der Waals surface area contributed by atoms with Gasteiger partial charge in [-0.15, -0.1) is 0 Å². The maximum absolute atomic E-state index is 12.3. The molecule has 0 atom stereocenters. The van der Waals surface area contributed by atoms with Crippen LogP contribution in [0.3, 0.4) is 0 Å². The van der Waals surface area contributed by atoms with Crippen molar-refractivity contribution < 1.29 is 32.2 Å². The zero-order valence-corrected chi connectivity index (χ0v) is 18.9. The summed E-state index contributed by atoms with van der Waals surface area (Å²) < 4.78 is 40.0. The van der Waals surface area contributed by atoms with Crippen LogP contribution in [0.2, 0.25) is 0 Å². The maximum atomic E-state index is 12.3. The number of hydrogen-bond acceptors (Lipinski definition) is 7. The molecule has 0 heterocycles. The Balaban J connectivity index is 1.83. The molecule has 0 bridgehead atoms. The van der Waals surface area contributed by atoms with E-state index in [9.17, 15) is 18.0 Å². The van der Waals surface area contributed by atoms with E-state index in [1.807, 2.05) is 6.92 Å². The highest BCUT2D eigenvalue weighted by molar-refractivity contribution is 7.91. The zero-order chi connectivity index (χ0) is 23.0. The number of likely N-dealkylation sites (N-methyl/N-ethyl adjacent to an activating group) is 1. The number of esters is 1. The number of carbonyl (C=O) groups excluding carboxylic acids is 2. The van der Waals surface area contributed by atoms with Crippen LogP contribution in [0.25, 0.3) is 0 Å². The van der Waals surface area contributed by atoms with Crippen LogP contribution in [0.4, 0.5) is 0 Å². The van der Waals surface area contributed by atoms with Crippen LogP contribution in [0.5, 0.6) is 11.5 Å². The number of amides is 1. The third-order valence-corrected chi connectivity index (χ3v) is 6.34. The summed E-state index contributed by atoms with van der Waals surface area (Å²) in [4.78, 5) is 25.7. The second kappa shape index (κ2) is 10.8. The van der Waals surface area contributed by atoms with Gasteiger partial charge in [0, 0.05) is 13.6 Å². The van der Waals surface area contributed by atoms with Crippen molar-refractivity contribution in [2.24, 2.45) is 0 Å². The predicted molar refractivity (Wildman–Crippen MR) is 115 cm³/mol. The lowest BCUT2D eigenvalue weighted by Crippen LogP contribution is -2.31. The summed E-state index contributed by atoms with van der Waals surface area (Å²) in [6.07, 6.45) is -0.330. The fraction of sp³-hybridized carbons (Fsp3) is 0.364. The number of hydrogen-bond donors (Lipinski definition) is 0. The molecule has 0 N–H and O–H groups in total. The Kier molecular flexibility index (Phi) is 8.44. The van der Waals surface area contributed by atoms with Crippen LogP contribution in [0.1, 0.15) is 17.5 Å². The first-order chi connectivity index (χ1) is 14.7. The van der Waals surface area contributed by atoms with Crippen LogP contribution in [0, 0.1) is 6.92 Å². The number of methoxy groups -OCH3 is 2. The number of sulfone groups is 1. The number of ether oxygens (including phenoxy) is 3. The molecule has 168 valence electrons. The molecule has 0 aromatic heterocycles. The Morgan fingerprint density at radius 3 is 2.23 bits per heavy atom. The van der Waals surface area contributed by atoms with Crippen LogP contribution in [-0.2, 0) is 30.7 Å². The van der Waals surface area contributed by atoms with E-state index >= 15 is 0 Å². The lowest BCUT2D eigenvalue weighted by molar-refractivity contribution is -0.151. The first kappa shape index (κ1) is 24.2. The van der Waals surface area contributed by atoms with Gasteiger partial charge in [-0.25, -0.2) is 8.42 Å². The normalized spacial score (nSPS) is 11.0. The zero-order valence-electron chi connectivity index (χ0n) is 18.1. The van der Waals surface area contributed by atoms with Crippen molar-refractivity contribution in [2.75, 3.05) is 33.6 Å². The van der Waals surface area contributed by atoms with Crippen LogP contribution >= 0.6 is 0 Å². The minimum atomic E-state index is -3.60. The number of aryl methyl sites for hydroxylation is 1. The first-order valence-electron chi connectivity index (χ1n) is 9.56. The lowest BCUT2D eigenvalue weighted by Gasteiger charge is -2.18. The molecule has 0 unspecified atom stereocenters. The van der Waals surface area contributed by atoms with E-state index < -0.39 is 28.3 Å². The van der Waals surface area contributed by atoms with E-state index in [0.29, 0.717) is 11.5 Å². The van der Waals surface area contributed by atoms with Crippen molar-refractivity contribution >= 4 is 21.7 Å². The third-order valence-electron chi connectivity index (χ3n) is 4.61. The molecule has 0 radical (unpaired) electrons. The molecule has 8 nitrogen and oxygen atoms in total. The van der Waals surface area contributed by atoms with E-state index in [2.05, 4.69) is 0 Å². The monoisotopic (exact) mass is 449 g/mol. The van der Waals surface area contributed by atoms with Gasteiger partial charge in [0.25, 0.3) is 5.91 Å². The molecule has 0 aliphatic rings. The molecule has 0 spiro atoms. The number of nitrogens with zero attached hydrogens (tertiary/aromatic N) is 1. The van der Waals surface area contributed by atoms with E-state index in [4.69, 9.17) is 14.2 Å². The van der Waals surface area contributed by atoms with Gasteiger partial charge in [-0.2, -0.15) is 0 Å². The molecular weight excluding hydrogens is 422 g/mol. The van der Waals surface area contributed by atoms with Gasteiger partial charge in [0.1, 0.15) is 0 Å². The highest BCUT2D eigenvalue weighted by atomic mass is 32.2. The molecule has 1 amide bonds. The summed E-state index contributed by atoms with van der Waals surface area (Å²) in [7, 11) is 1.04. The molecule has 31 heavy (non-hydrogen) atoms. The predicted octanol–water partition coefficient (Wildman–Crippen LogP) is 2.38. The minimum absolute atomic E-state index is 0.150. The Hall–Kier alpha value is -3.07. The molecule has 9 heteroatoms. The van der Waals surface area contributed by atoms with Crippen molar-refractivity contribution in [1.29, 1.82) is 0 Å². The summed E-state index contributed by atoms with van der Waals surface area (Å²) in [5.41, 5.74) is 1.75. The van der Waals surface area contributed by atoms with Crippen molar-refractivity contribution in [3.63, 3.8) is 0 Å². The Labute approximate surface area is 182 Å². The minimum Gasteiger partial charge on any atom is -0.493 e. The topological polar surface area (TPSA) is 99.2 Å². The molecule has 0 saturated carbocycles. The highest BCUT2D eigenvalue weighted by Crippen LogP contribution is 2.27. The number of rotatable bonds is 10. The van der Waals surface area contributed by atoms with Gasteiger partial charge < -0.3 is 19.1 Å². The van der Waals surface area contributed by atoms with E-state index in [-0.39, 0.29) is 23.6 Å². The highest BCUT2D eigenvalue weighted by Gasteiger charge is 2.18. The van der Waals surface area contributed by atoms with Crippen LogP contribution in [-0.4, -0.2) is 58.8 Å². The first-order valence-corrected chi connectivity index (χ1v) is 11.2. The van der Waals surface area contributed by atoms with E-state index in [1.165, 1.54) is 31.3 Å². The van der Waals surface area contributed by atoms with Gasteiger partial charge in [0.15, 0.2) is 27.9 Å². The fourth-order valence-corrected chi connectivity index (χ4v) is 3.97. The molecular formula is C22H27NO7S. The summed E-state index contributed by atoms with van der Waals surface area (Å²) in [5.74, 6) is -0.421. The van der Waals surface area contributed by atoms with Gasteiger partial charge in [-0.1, -0.05) is 23.8 Å². The quantitative estimate of drug-likeness (QED) is 0.514.